The predicted octanol–water partition coefficient (Wildman–Crippen LogP) is 11.2. The summed E-state index contributed by atoms with van der Waals surface area (Å²) in [5, 5.41) is 0. The van der Waals surface area contributed by atoms with Crippen LogP contribution in [0.5, 0.6) is 0 Å². The van der Waals surface area contributed by atoms with Crippen LogP contribution in [-0.4, -0.2) is 0 Å². The van der Waals surface area contributed by atoms with Gasteiger partial charge in [0.2, 0.25) is 0 Å². The molecule has 0 spiro atoms. The number of aryl methyl sites for hydroxylation is 1. The summed E-state index contributed by atoms with van der Waals surface area (Å²) < 4.78 is 15.2. The molecule has 0 nitrogen and oxygen atoms in total. The molecule has 1 saturated carbocycles. The molecule has 0 bridgehead atoms. The highest BCUT2D eigenvalue weighted by molar-refractivity contribution is 5.29. The molecule has 1 unspecified atom stereocenters. The maximum Gasteiger partial charge on any atom is 0.126 e. The Bertz CT molecular complexity index is 724. The van der Waals surface area contributed by atoms with Crippen molar-refractivity contribution in [1.29, 1.82) is 0 Å². The number of allylic oxidation sites excluding steroid dienone is 2. The van der Waals surface area contributed by atoms with E-state index >= 15 is 4.39 Å². The van der Waals surface area contributed by atoms with E-state index in [9.17, 15) is 0 Å². The highest BCUT2D eigenvalue weighted by Gasteiger charge is 2.32. The van der Waals surface area contributed by atoms with Gasteiger partial charge in [-0.15, -0.1) is 0 Å². The standard InChI is InChI=1S/C33H53F/c1-3-5-7-12-18-29-19-20-30(27-32(29)34)31(26-28-16-10-8-11-17-28)21-25-33(22-13-6-4-2)23-14-9-15-24-33/h16,19-20,27,31H,3-15,17-18,21-26H2,1-2H3. The topological polar surface area (TPSA) is 0 Å². The van der Waals surface area contributed by atoms with Gasteiger partial charge in [0.1, 0.15) is 5.82 Å². The average Bonchev–Trinajstić information content (AvgIpc) is 2.87. The molecule has 0 heterocycles. The van der Waals surface area contributed by atoms with Crippen LogP contribution in [0.25, 0.3) is 0 Å². The van der Waals surface area contributed by atoms with Gasteiger partial charge in [0.05, 0.1) is 0 Å². The first-order valence-corrected chi connectivity index (χ1v) is 15.1. The summed E-state index contributed by atoms with van der Waals surface area (Å²) in [4.78, 5) is 0. The van der Waals surface area contributed by atoms with Crippen molar-refractivity contribution in [1.82, 2.24) is 0 Å². The van der Waals surface area contributed by atoms with Crippen LogP contribution in [0.4, 0.5) is 4.39 Å². The third-order valence-corrected chi connectivity index (χ3v) is 8.99. The molecule has 3 rings (SSSR count). The summed E-state index contributed by atoms with van der Waals surface area (Å²) in [5.74, 6) is 0.532. The van der Waals surface area contributed by atoms with Crippen molar-refractivity contribution in [3.8, 4) is 0 Å². The number of rotatable bonds is 15. The number of hydrogen-bond donors (Lipinski definition) is 0. The average molecular weight is 469 g/mol. The van der Waals surface area contributed by atoms with Gasteiger partial charge in [-0.05, 0) is 106 Å². The molecule has 0 saturated heterocycles. The van der Waals surface area contributed by atoms with E-state index in [4.69, 9.17) is 0 Å². The number of unbranched alkanes of at least 4 members (excludes halogenated alkanes) is 5. The molecule has 1 heteroatoms. The van der Waals surface area contributed by atoms with E-state index in [1.807, 2.05) is 6.07 Å². The molecular formula is C33H53F. The Balaban J connectivity index is 1.71. The van der Waals surface area contributed by atoms with Crippen LogP contribution < -0.4 is 0 Å². The van der Waals surface area contributed by atoms with E-state index in [1.165, 1.54) is 121 Å². The van der Waals surface area contributed by atoms with Crippen molar-refractivity contribution in [3.05, 3.63) is 46.8 Å². The first-order valence-electron chi connectivity index (χ1n) is 15.1. The van der Waals surface area contributed by atoms with Crippen LogP contribution in [0.2, 0.25) is 0 Å². The van der Waals surface area contributed by atoms with Crippen molar-refractivity contribution in [2.24, 2.45) is 5.41 Å². The van der Waals surface area contributed by atoms with E-state index in [1.54, 1.807) is 5.57 Å². The van der Waals surface area contributed by atoms with Crippen LogP contribution in [0, 0.1) is 11.2 Å². The van der Waals surface area contributed by atoms with Gasteiger partial charge < -0.3 is 0 Å². The highest BCUT2D eigenvalue weighted by atomic mass is 19.1. The number of benzene rings is 1. The summed E-state index contributed by atoms with van der Waals surface area (Å²) in [6.45, 7) is 4.56. The minimum atomic E-state index is 0.0481. The molecule has 1 aromatic rings. The van der Waals surface area contributed by atoms with Crippen molar-refractivity contribution >= 4 is 0 Å². The molecule has 2 aliphatic carbocycles. The van der Waals surface area contributed by atoms with E-state index in [2.05, 4.69) is 32.1 Å². The minimum Gasteiger partial charge on any atom is -0.207 e. The molecular weight excluding hydrogens is 415 g/mol. The van der Waals surface area contributed by atoms with Crippen LogP contribution in [0.3, 0.4) is 0 Å². The molecule has 2 aliphatic rings. The second kappa shape index (κ2) is 15.1. The fraction of sp³-hybridized carbons (Fsp3) is 0.758. The second-order valence-electron chi connectivity index (χ2n) is 11.7. The SMILES string of the molecule is CCCCCCc1ccc(C(CCC2(CCCCC)CCCCC2)CC2=CCCCC2)cc1F. The highest BCUT2D eigenvalue weighted by Crippen LogP contribution is 2.47. The third-order valence-electron chi connectivity index (χ3n) is 8.99. The van der Waals surface area contributed by atoms with Gasteiger partial charge in [-0.3, -0.25) is 0 Å². The van der Waals surface area contributed by atoms with Gasteiger partial charge in [-0.1, -0.05) is 95.4 Å². The van der Waals surface area contributed by atoms with Crippen LogP contribution in [0.15, 0.2) is 29.8 Å². The molecule has 0 aliphatic heterocycles. The number of halogens is 1. The van der Waals surface area contributed by atoms with Gasteiger partial charge in [-0.25, -0.2) is 4.39 Å². The first-order chi connectivity index (χ1) is 16.7. The lowest BCUT2D eigenvalue weighted by atomic mass is 9.66. The summed E-state index contributed by atoms with van der Waals surface area (Å²) in [6, 6.07) is 6.33. The lowest BCUT2D eigenvalue weighted by Gasteiger charge is -2.39. The molecule has 34 heavy (non-hydrogen) atoms. The summed E-state index contributed by atoms with van der Waals surface area (Å²) in [5.41, 5.74) is 4.40. The zero-order chi connectivity index (χ0) is 24.1. The van der Waals surface area contributed by atoms with Crippen molar-refractivity contribution in [3.63, 3.8) is 0 Å². The zero-order valence-corrected chi connectivity index (χ0v) is 22.6. The van der Waals surface area contributed by atoms with E-state index in [-0.39, 0.29) is 5.82 Å². The molecule has 192 valence electrons. The molecule has 1 aromatic carbocycles. The Hall–Kier alpha value is -1.11. The molecule has 1 atom stereocenters. The summed E-state index contributed by atoms with van der Waals surface area (Å²) >= 11 is 0. The first kappa shape index (κ1) is 27.5. The van der Waals surface area contributed by atoms with Crippen LogP contribution in [0.1, 0.15) is 159 Å². The van der Waals surface area contributed by atoms with Gasteiger partial charge in [0, 0.05) is 0 Å². The van der Waals surface area contributed by atoms with Gasteiger partial charge in [-0.2, -0.15) is 0 Å². The van der Waals surface area contributed by atoms with Gasteiger partial charge in [0.15, 0.2) is 0 Å². The Kier molecular flexibility index (Phi) is 12.2. The smallest absolute Gasteiger partial charge is 0.126 e. The van der Waals surface area contributed by atoms with Crippen LogP contribution >= 0.6 is 0 Å². The molecule has 1 fully saturated rings. The van der Waals surface area contributed by atoms with Crippen molar-refractivity contribution in [2.75, 3.05) is 0 Å². The molecule has 0 radical (unpaired) electrons. The lowest BCUT2D eigenvalue weighted by molar-refractivity contribution is 0.144. The van der Waals surface area contributed by atoms with E-state index in [0.29, 0.717) is 11.3 Å². The zero-order valence-electron chi connectivity index (χ0n) is 22.6. The largest absolute Gasteiger partial charge is 0.207 e. The molecule has 0 aromatic heterocycles. The van der Waals surface area contributed by atoms with Gasteiger partial charge in [0.25, 0.3) is 0 Å². The Morgan fingerprint density at radius 3 is 2.35 bits per heavy atom. The quantitative estimate of drug-likeness (QED) is 0.177. The Labute approximate surface area is 211 Å². The maximum atomic E-state index is 15.2. The van der Waals surface area contributed by atoms with Crippen molar-refractivity contribution in [2.45, 2.75) is 155 Å². The van der Waals surface area contributed by atoms with E-state index in [0.717, 1.165) is 24.8 Å². The predicted molar refractivity (Wildman–Crippen MR) is 147 cm³/mol. The number of hydrogen-bond acceptors (Lipinski definition) is 0. The fourth-order valence-corrected chi connectivity index (χ4v) is 6.71. The molecule has 0 N–H and O–H groups in total. The normalized spacial score (nSPS) is 19.1. The minimum absolute atomic E-state index is 0.0481. The summed E-state index contributed by atoms with van der Waals surface area (Å²) in [6.07, 6.45) is 29.8. The van der Waals surface area contributed by atoms with E-state index < -0.39 is 0 Å². The van der Waals surface area contributed by atoms with Crippen molar-refractivity contribution < 1.29 is 4.39 Å². The monoisotopic (exact) mass is 468 g/mol. The fourth-order valence-electron chi connectivity index (χ4n) is 6.71. The molecule has 0 amide bonds. The Morgan fingerprint density at radius 1 is 0.853 bits per heavy atom. The third kappa shape index (κ3) is 8.83. The van der Waals surface area contributed by atoms with Crippen LogP contribution in [-0.2, 0) is 6.42 Å². The Morgan fingerprint density at radius 2 is 1.65 bits per heavy atom. The lowest BCUT2D eigenvalue weighted by Crippen LogP contribution is -2.25. The second-order valence-corrected chi connectivity index (χ2v) is 11.7. The summed E-state index contributed by atoms with van der Waals surface area (Å²) in [7, 11) is 0. The maximum absolute atomic E-state index is 15.2. The van der Waals surface area contributed by atoms with Gasteiger partial charge >= 0.3 is 0 Å².